The van der Waals surface area contributed by atoms with Gasteiger partial charge in [-0.1, -0.05) is 29.8 Å². The number of methoxy groups -OCH3 is 2. The minimum Gasteiger partial charge on any atom is -0.495 e. The van der Waals surface area contributed by atoms with Crippen molar-refractivity contribution in [2.45, 2.75) is 19.0 Å². The molecule has 2 aromatic heterocycles. The largest absolute Gasteiger partial charge is 0.495 e. The van der Waals surface area contributed by atoms with Crippen molar-refractivity contribution in [3.8, 4) is 17.1 Å². The van der Waals surface area contributed by atoms with Crippen molar-refractivity contribution in [1.29, 1.82) is 0 Å². The van der Waals surface area contributed by atoms with Crippen LogP contribution in [-0.2, 0) is 9.53 Å². The number of carbonyl (C=O) groups is 1. The molecule has 39 heavy (non-hydrogen) atoms. The maximum Gasteiger partial charge on any atom is 0.250 e. The van der Waals surface area contributed by atoms with Gasteiger partial charge in [-0.05, 0) is 73.2 Å². The molecule has 1 amide bonds. The van der Waals surface area contributed by atoms with Gasteiger partial charge in [-0.2, -0.15) is 0 Å². The fourth-order valence-corrected chi connectivity index (χ4v) is 5.23. The lowest BCUT2D eigenvalue weighted by molar-refractivity contribution is -0.119. The van der Waals surface area contributed by atoms with Crippen LogP contribution in [0.3, 0.4) is 0 Å². The Morgan fingerprint density at radius 1 is 1.15 bits per heavy atom. The monoisotopic (exact) mass is 562 g/mol. The maximum atomic E-state index is 12.3. The van der Waals surface area contributed by atoms with Crippen molar-refractivity contribution in [2.75, 3.05) is 31.0 Å². The number of hydrogen-bond acceptors (Lipinski definition) is 6. The molecule has 2 N–H and O–H groups in total. The van der Waals surface area contributed by atoms with E-state index in [-0.39, 0.29) is 24.6 Å². The zero-order valence-electron chi connectivity index (χ0n) is 21.6. The number of hydrogen-bond donors (Lipinski definition) is 2. The van der Waals surface area contributed by atoms with Gasteiger partial charge in [0.25, 0.3) is 0 Å². The van der Waals surface area contributed by atoms with E-state index >= 15 is 0 Å². The number of thiocarbonyl (C=S) groups is 1. The number of amides is 1. The summed E-state index contributed by atoms with van der Waals surface area (Å²) in [6, 6.07) is 20.2. The smallest absolute Gasteiger partial charge is 0.250 e. The predicted octanol–water partition coefficient (Wildman–Crippen LogP) is 6.07. The van der Waals surface area contributed by atoms with Crippen molar-refractivity contribution < 1.29 is 18.7 Å². The maximum absolute atomic E-state index is 12.3. The number of rotatable bonds is 8. The number of anilines is 2. The molecule has 2 atom stereocenters. The minimum atomic E-state index is -0.378. The Morgan fingerprint density at radius 2 is 2.00 bits per heavy atom. The molecule has 0 spiro atoms. The lowest BCUT2D eigenvalue weighted by atomic mass is 10.0. The normalized spacial score (nSPS) is 16.7. The van der Waals surface area contributed by atoms with Crippen molar-refractivity contribution in [2.24, 2.45) is 0 Å². The third-order valence-electron chi connectivity index (χ3n) is 6.56. The van der Waals surface area contributed by atoms with Crippen LogP contribution in [0.15, 0.2) is 77.3 Å². The first-order valence-electron chi connectivity index (χ1n) is 12.2. The molecule has 1 saturated heterocycles. The SMILES string of the molecule is COCC(=O)Nc1cc(N2C(=S)N[C@H](c3ccccn3)[C@H]2c2ccc(-c3cccc(Cl)c3C)o2)ccc1OC. The Labute approximate surface area is 236 Å². The van der Waals surface area contributed by atoms with Gasteiger partial charge in [0.15, 0.2) is 5.11 Å². The molecular formula is C29H27ClN4O4S. The molecular weight excluding hydrogens is 536 g/mol. The van der Waals surface area contributed by atoms with Crippen LogP contribution >= 0.6 is 23.8 Å². The van der Waals surface area contributed by atoms with E-state index in [1.54, 1.807) is 19.4 Å². The third-order valence-corrected chi connectivity index (χ3v) is 7.28. The van der Waals surface area contributed by atoms with E-state index in [0.717, 1.165) is 22.5 Å². The molecule has 200 valence electrons. The molecule has 0 radical (unpaired) electrons. The summed E-state index contributed by atoms with van der Waals surface area (Å²) in [4.78, 5) is 18.9. The molecule has 1 aliphatic rings. The van der Waals surface area contributed by atoms with E-state index in [1.807, 2.05) is 72.5 Å². The second-order valence-electron chi connectivity index (χ2n) is 8.98. The summed E-state index contributed by atoms with van der Waals surface area (Å²) in [6.45, 7) is 1.88. The summed E-state index contributed by atoms with van der Waals surface area (Å²) >= 11 is 12.2. The number of aromatic nitrogens is 1. The van der Waals surface area contributed by atoms with Gasteiger partial charge in [-0.3, -0.25) is 9.78 Å². The molecule has 3 heterocycles. The van der Waals surface area contributed by atoms with Crippen LogP contribution < -0.4 is 20.3 Å². The van der Waals surface area contributed by atoms with E-state index < -0.39 is 0 Å². The highest BCUT2D eigenvalue weighted by atomic mass is 35.5. The first kappa shape index (κ1) is 26.7. The summed E-state index contributed by atoms with van der Waals surface area (Å²) in [5, 5.41) is 7.43. The van der Waals surface area contributed by atoms with Crippen LogP contribution in [0.5, 0.6) is 5.75 Å². The molecule has 10 heteroatoms. The summed E-state index contributed by atoms with van der Waals surface area (Å²) in [6.07, 6.45) is 1.75. The van der Waals surface area contributed by atoms with Crippen LogP contribution in [0.25, 0.3) is 11.3 Å². The van der Waals surface area contributed by atoms with Gasteiger partial charge in [-0.25, -0.2) is 0 Å². The lowest BCUT2D eigenvalue weighted by Crippen LogP contribution is -2.29. The Kier molecular flexibility index (Phi) is 7.83. The Balaban J connectivity index is 1.59. The van der Waals surface area contributed by atoms with Crippen molar-refractivity contribution in [3.63, 3.8) is 0 Å². The van der Waals surface area contributed by atoms with E-state index in [1.165, 1.54) is 7.11 Å². The first-order chi connectivity index (χ1) is 18.9. The molecule has 1 fully saturated rings. The van der Waals surface area contributed by atoms with Gasteiger partial charge < -0.3 is 29.4 Å². The van der Waals surface area contributed by atoms with Crippen LogP contribution in [0.4, 0.5) is 11.4 Å². The highest BCUT2D eigenvalue weighted by molar-refractivity contribution is 7.80. The zero-order chi connectivity index (χ0) is 27.5. The molecule has 0 unspecified atom stereocenters. The van der Waals surface area contributed by atoms with Gasteiger partial charge in [0.2, 0.25) is 5.91 Å². The van der Waals surface area contributed by atoms with Gasteiger partial charge in [0.05, 0.1) is 24.5 Å². The minimum absolute atomic E-state index is 0.0838. The molecule has 0 saturated carbocycles. The number of nitrogens with one attached hydrogen (secondary N) is 2. The lowest BCUT2D eigenvalue weighted by Gasteiger charge is -2.27. The number of benzene rings is 2. The van der Waals surface area contributed by atoms with Crippen LogP contribution in [-0.4, -0.2) is 36.8 Å². The fraction of sp³-hybridized carbons (Fsp3) is 0.207. The highest BCUT2D eigenvalue weighted by Crippen LogP contribution is 2.44. The second-order valence-corrected chi connectivity index (χ2v) is 9.77. The van der Waals surface area contributed by atoms with Crippen molar-refractivity contribution in [1.82, 2.24) is 10.3 Å². The standard InChI is InChI=1S/C29H27ClN4O4S/c1-17-19(7-6-8-20(17)30)23-12-13-25(38-23)28-27(21-9-4-5-14-31-21)33-29(39)34(28)18-10-11-24(37-3)22(15-18)32-26(35)16-36-2/h4-15,27-28H,16H2,1-3H3,(H,32,35)(H,33,39)/t27-,28-/m1/s1. The quantitative estimate of drug-likeness (QED) is 0.250. The van der Waals surface area contributed by atoms with Gasteiger partial charge in [0, 0.05) is 29.6 Å². The zero-order valence-corrected chi connectivity index (χ0v) is 23.2. The van der Waals surface area contributed by atoms with E-state index in [9.17, 15) is 4.79 Å². The number of ether oxygens (including phenoxy) is 2. The Bertz CT molecular complexity index is 1510. The van der Waals surface area contributed by atoms with E-state index in [2.05, 4.69) is 15.6 Å². The van der Waals surface area contributed by atoms with Crippen LogP contribution in [0.2, 0.25) is 5.02 Å². The molecule has 0 bridgehead atoms. The number of nitrogens with zero attached hydrogens (tertiary/aromatic N) is 2. The average molecular weight is 563 g/mol. The number of halogens is 1. The Hall–Kier alpha value is -3.92. The molecule has 1 aliphatic heterocycles. The summed E-state index contributed by atoms with van der Waals surface area (Å²) in [5.41, 5.74) is 3.89. The molecule has 5 rings (SSSR count). The van der Waals surface area contributed by atoms with E-state index in [0.29, 0.717) is 33.1 Å². The van der Waals surface area contributed by atoms with Gasteiger partial charge >= 0.3 is 0 Å². The van der Waals surface area contributed by atoms with Crippen LogP contribution in [0.1, 0.15) is 29.1 Å². The highest BCUT2D eigenvalue weighted by Gasteiger charge is 2.43. The first-order valence-corrected chi connectivity index (χ1v) is 13.0. The van der Waals surface area contributed by atoms with Crippen LogP contribution in [0, 0.1) is 6.92 Å². The van der Waals surface area contributed by atoms with Crippen molar-refractivity contribution in [3.05, 3.63) is 95.0 Å². The molecule has 4 aromatic rings. The van der Waals surface area contributed by atoms with Crippen molar-refractivity contribution >= 4 is 46.2 Å². The summed E-state index contributed by atoms with van der Waals surface area (Å²) < 4.78 is 16.9. The van der Waals surface area contributed by atoms with Gasteiger partial charge in [-0.15, -0.1) is 0 Å². The number of carbonyl (C=O) groups excluding carboxylic acids is 1. The van der Waals surface area contributed by atoms with Gasteiger partial charge in [0.1, 0.15) is 29.9 Å². The summed E-state index contributed by atoms with van der Waals surface area (Å²) in [7, 11) is 3.01. The number of furan rings is 1. The fourth-order valence-electron chi connectivity index (χ4n) is 4.71. The topological polar surface area (TPSA) is 88.9 Å². The predicted molar refractivity (Wildman–Crippen MR) is 155 cm³/mol. The third kappa shape index (κ3) is 5.34. The molecule has 2 aromatic carbocycles. The Morgan fingerprint density at radius 3 is 2.74 bits per heavy atom. The molecule has 0 aliphatic carbocycles. The molecule has 8 nitrogen and oxygen atoms in total. The summed E-state index contributed by atoms with van der Waals surface area (Å²) in [5.74, 6) is 1.60. The second kappa shape index (κ2) is 11.4. The van der Waals surface area contributed by atoms with E-state index in [4.69, 9.17) is 37.7 Å². The average Bonchev–Trinajstić information content (AvgIpc) is 3.55. The number of pyridine rings is 1.